The molecule has 0 aliphatic rings. The first kappa shape index (κ1) is 17.0. The topological polar surface area (TPSA) is 57.7 Å². The SMILES string of the molecule is COc1ccc([C@@H](C#N)[NH+](C)[C@H](C)[C@H](O)c2ccccc2)cc1. The number of nitriles is 1. The molecule has 0 aromatic heterocycles. The standard InChI is InChI=1S/C19H22N2O2/c1-14(19(22)16-7-5-4-6-8-16)21(2)18(13-20)15-9-11-17(23-3)12-10-15/h4-12,14,18-19,22H,1-3H3/p+1/t14-,18-,19+/m1/s1. The van der Waals surface area contributed by atoms with Gasteiger partial charge in [0.25, 0.3) is 0 Å². The van der Waals surface area contributed by atoms with E-state index in [9.17, 15) is 10.4 Å². The van der Waals surface area contributed by atoms with Gasteiger partial charge in [0, 0.05) is 5.56 Å². The van der Waals surface area contributed by atoms with Gasteiger partial charge in [0.2, 0.25) is 6.04 Å². The van der Waals surface area contributed by atoms with Gasteiger partial charge in [0.05, 0.1) is 14.2 Å². The van der Waals surface area contributed by atoms with Crippen LogP contribution in [-0.2, 0) is 0 Å². The summed E-state index contributed by atoms with van der Waals surface area (Å²) in [7, 11) is 3.56. The summed E-state index contributed by atoms with van der Waals surface area (Å²) in [6.45, 7) is 1.96. The van der Waals surface area contributed by atoms with Crippen molar-refractivity contribution in [3.63, 3.8) is 0 Å². The van der Waals surface area contributed by atoms with Crippen LogP contribution >= 0.6 is 0 Å². The quantitative estimate of drug-likeness (QED) is 0.856. The number of nitrogens with zero attached hydrogens (tertiary/aromatic N) is 1. The van der Waals surface area contributed by atoms with Crippen molar-refractivity contribution in [3.8, 4) is 11.8 Å². The first-order chi connectivity index (χ1) is 11.1. The van der Waals surface area contributed by atoms with E-state index in [2.05, 4.69) is 6.07 Å². The van der Waals surface area contributed by atoms with Gasteiger partial charge in [0.15, 0.2) is 0 Å². The number of aliphatic hydroxyl groups excluding tert-OH is 1. The van der Waals surface area contributed by atoms with Gasteiger partial charge in [0.1, 0.15) is 24.0 Å². The summed E-state index contributed by atoms with van der Waals surface area (Å²) in [5.74, 6) is 0.764. The zero-order valence-corrected chi connectivity index (χ0v) is 13.7. The van der Waals surface area contributed by atoms with Crippen LogP contribution in [0.1, 0.15) is 30.2 Å². The monoisotopic (exact) mass is 311 g/mol. The molecule has 0 amide bonds. The Kier molecular flexibility index (Phi) is 5.75. The van der Waals surface area contributed by atoms with Gasteiger partial charge in [-0.1, -0.05) is 30.3 Å². The maximum atomic E-state index is 10.6. The Morgan fingerprint density at radius 3 is 2.17 bits per heavy atom. The van der Waals surface area contributed by atoms with E-state index in [0.29, 0.717) is 0 Å². The molecule has 0 radical (unpaired) electrons. The van der Waals surface area contributed by atoms with E-state index in [1.165, 1.54) is 0 Å². The Bertz CT molecular complexity index is 649. The maximum absolute atomic E-state index is 10.6. The highest BCUT2D eigenvalue weighted by Crippen LogP contribution is 2.18. The number of aliphatic hydroxyl groups is 1. The number of hydrogen-bond acceptors (Lipinski definition) is 3. The number of quaternary nitrogens is 1. The van der Waals surface area contributed by atoms with Gasteiger partial charge in [-0.3, -0.25) is 0 Å². The summed E-state index contributed by atoms with van der Waals surface area (Å²) < 4.78 is 5.16. The highest BCUT2D eigenvalue weighted by molar-refractivity contribution is 5.30. The molecule has 1 unspecified atom stereocenters. The molecule has 2 rings (SSSR count). The third-order valence-corrected chi connectivity index (χ3v) is 4.37. The lowest BCUT2D eigenvalue weighted by Gasteiger charge is -2.29. The molecular weight excluding hydrogens is 288 g/mol. The first-order valence-electron chi connectivity index (χ1n) is 7.68. The lowest BCUT2D eigenvalue weighted by Crippen LogP contribution is -3.13. The molecule has 0 aliphatic carbocycles. The maximum Gasteiger partial charge on any atom is 0.200 e. The minimum absolute atomic E-state index is 0.121. The minimum atomic E-state index is -0.620. The van der Waals surface area contributed by atoms with Crippen LogP contribution in [0.4, 0.5) is 0 Å². The molecule has 0 saturated carbocycles. The van der Waals surface area contributed by atoms with Crippen LogP contribution in [0.25, 0.3) is 0 Å². The second-order valence-electron chi connectivity index (χ2n) is 5.72. The highest BCUT2D eigenvalue weighted by atomic mass is 16.5. The fraction of sp³-hybridized carbons (Fsp3) is 0.316. The summed E-state index contributed by atoms with van der Waals surface area (Å²) >= 11 is 0. The largest absolute Gasteiger partial charge is 0.497 e. The van der Waals surface area contributed by atoms with Gasteiger partial charge in [-0.25, -0.2) is 0 Å². The van der Waals surface area contributed by atoms with E-state index in [-0.39, 0.29) is 12.1 Å². The second-order valence-corrected chi connectivity index (χ2v) is 5.72. The van der Waals surface area contributed by atoms with Crippen molar-refractivity contribution in [1.29, 1.82) is 5.26 Å². The predicted molar refractivity (Wildman–Crippen MR) is 89.1 cm³/mol. The molecule has 0 spiro atoms. The summed E-state index contributed by atoms with van der Waals surface area (Å²) in [6, 6.07) is 18.9. The van der Waals surface area contributed by atoms with Gasteiger partial charge >= 0.3 is 0 Å². The van der Waals surface area contributed by atoms with Gasteiger partial charge in [-0.2, -0.15) is 5.26 Å². The summed E-state index contributed by atoms with van der Waals surface area (Å²) in [6.07, 6.45) is -0.620. The lowest BCUT2D eigenvalue weighted by atomic mass is 9.99. The molecule has 4 nitrogen and oxygen atoms in total. The van der Waals surface area contributed by atoms with Crippen LogP contribution in [0.5, 0.6) is 5.75 Å². The third-order valence-electron chi connectivity index (χ3n) is 4.37. The molecule has 120 valence electrons. The molecule has 0 heterocycles. The van der Waals surface area contributed by atoms with Crippen molar-refractivity contribution in [2.24, 2.45) is 0 Å². The normalized spacial score (nSPS) is 16.0. The van der Waals surface area contributed by atoms with Gasteiger partial charge in [-0.05, 0) is 36.8 Å². The minimum Gasteiger partial charge on any atom is -0.497 e. The average molecular weight is 311 g/mol. The Balaban J connectivity index is 2.18. The number of methoxy groups -OCH3 is 1. The number of likely N-dealkylation sites (N-methyl/N-ethyl adjacent to an activating group) is 1. The zero-order chi connectivity index (χ0) is 16.8. The Labute approximate surface area is 137 Å². The molecular formula is C19H23N2O2+. The van der Waals surface area contributed by atoms with Crippen molar-refractivity contribution < 1.29 is 14.7 Å². The third kappa shape index (κ3) is 3.89. The van der Waals surface area contributed by atoms with Gasteiger partial charge < -0.3 is 14.7 Å². The van der Waals surface area contributed by atoms with E-state index >= 15 is 0 Å². The molecule has 2 aromatic carbocycles. The average Bonchev–Trinajstić information content (AvgIpc) is 2.62. The van der Waals surface area contributed by atoms with Crippen LogP contribution in [-0.4, -0.2) is 25.3 Å². The van der Waals surface area contributed by atoms with E-state index in [0.717, 1.165) is 21.8 Å². The molecule has 2 N–H and O–H groups in total. The molecule has 2 aromatic rings. The molecule has 0 bridgehead atoms. The van der Waals surface area contributed by atoms with Crippen molar-refractivity contribution in [1.82, 2.24) is 0 Å². The zero-order valence-electron chi connectivity index (χ0n) is 13.7. The van der Waals surface area contributed by atoms with E-state index in [1.54, 1.807) is 7.11 Å². The van der Waals surface area contributed by atoms with Crippen LogP contribution in [0, 0.1) is 11.3 Å². The molecule has 0 fully saturated rings. The predicted octanol–water partition coefficient (Wildman–Crippen LogP) is 1.90. The van der Waals surface area contributed by atoms with E-state index < -0.39 is 6.10 Å². The summed E-state index contributed by atoms with van der Waals surface area (Å²) in [5, 5.41) is 20.2. The Hall–Kier alpha value is -2.35. The fourth-order valence-electron chi connectivity index (χ4n) is 2.69. The van der Waals surface area contributed by atoms with Crippen LogP contribution in [0.2, 0.25) is 0 Å². The number of ether oxygens (including phenoxy) is 1. The lowest BCUT2D eigenvalue weighted by molar-refractivity contribution is -0.931. The highest BCUT2D eigenvalue weighted by Gasteiger charge is 2.30. The molecule has 0 saturated heterocycles. The molecule has 4 atom stereocenters. The van der Waals surface area contributed by atoms with E-state index in [1.807, 2.05) is 68.6 Å². The van der Waals surface area contributed by atoms with Gasteiger partial charge in [-0.15, -0.1) is 0 Å². The fourth-order valence-corrected chi connectivity index (χ4v) is 2.69. The first-order valence-corrected chi connectivity index (χ1v) is 7.68. The van der Waals surface area contributed by atoms with Crippen molar-refractivity contribution >= 4 is 0 Å². The molecule has 4 heteroatoms. The number of rotatable bonds is 6. The van der Waals surface area contributed by atoms with Crippen LogP contribution in [0.3, 0.4) is 0 Å². The molecule has 0 aliphatic heterocycles. The summed E-state index contributed by atoms with van der Waals surface area (Å²) in [4.78, 5) is 0.953. The molecule has 23 heavy (non-hydrogen) atoms. The number of benzene rings is 2. The van der Waals surface area contributed by atoms with Crippen molar-refractivity contribution in [2.45, 2.75) is 25.1 Å². The van der Waals surface area contributed by atoms with E-state index in [4.69, 9.17) is 4.74 Å². The number of hydrogen-bond donors (Lipinski definition) is 2. The van der Waals surface area contributed by atoms with Crippen LogP contribution < -0.4 is 9.64 Å². The van der Waals surface area contributed by atoms with Crippen molar-refractivity contribution in [3.05, 3.63) is 65.7 Å². The van der Waals surface area contributed by atoms with Crippen LogP contribution in [0.15, 0.2) is 54.6 Å². The smallest absolute Gasteiger partial charge is 0.200 e. The van der Waals surface area contributed by atoms with Crippen molar-refractivity contribution in [2.75, 3.05) is 14.2 Å². The summed E-state index contributed by atoms with van der Waals surface area (Å²) in [5.41, 5.74) is 1.78. The number of nitrogens with one attached hydrogen (secondary N) is 1. The second kappa shape index (κ2) is 7.77. The Morgan fingerprint density at radius 1 is 1.04 bits per heavy atom. The Morgan fingerprint density at radius 2 is 1.65 bits per heavy atom.